The fraction of sp³-hybridized carbons (Fsp3) is 0.381. The van der Waals surface area contributed by atoms with Gasteiger partial charge in [0.25, 0.3) is 5.91 Å². The van der Waals surface area contributed by atoms with Gasteiger partial charge in [-0.15, -0.1) is 0 Å². The topological polar surface area (TPSA) is 75.7 Å². The number of hydrogen-bond donors (Lipinski definition) is 1. The highest BCUT2D eigenvalue weighted by Crippen LogP contribution is 2.27. The molecule has 0 radical (unpaired) electrons. The largest absolute Gasteiger partial charge is 0.481 e. The molecule has 1 N–H and O–H groups in total. The predicted octanol–water partition coefficient (Wildman–Crippen LogP) is 3.65. The molecule has 0 bridgehead atoms. The van der Waals surface area contributed by atoms with Crippen molar-refractivity contribution in [2.45, 2.75) is 25.2 Å². The zero-order chi connectivity index (χ0) is 21.9. The van der Waals surface area contributed by atoms with E-state index in [1.807, 2.05) is 13.8 Å². The van der Waals surface area contributed by atoms with Crippen LogP contribution in [0.2, 0.25) is 0 Å². The standard InChI is InChI=1S/C21H24F2N2O4S/c1-14-9-15(2)12-25(11-14)30(27,28)18-6-4-17(5-7-18)24-21(26)13-29-20-8-3-16(22)10-19(20)23/h3-8,10,14-15H,9,11-13H2,1-2H3,(H,24,26). The lowest BCUT2D eigenvalue weighted by Gasteiger charge is -2.34. The van der Waals surface area contributed by atoms with Crippen molar-refractivity contribution in [2.75, 3.05) is 25.0 Å². The quantitative estimate of drug-likeness (QED) is 0.747. The summed E-state index contributed by atoms with van der Waals surface area (Å²) in [6.45, 7) is 4.57. The Morgan fingerprint density at radius 1 is 1.10 bits per heavy atom. The third-order valence-corrected chi connectivity index (χ3v) is 6.71. The number of carbonyl (C=O) groups is 1. The van der Waals surface area contributed by atoms with Gasteiger partial charge in [-0.05, 0) is 54.7 Å². The van der Waals surface area contributed by atoms with Crippen LogP contribution in [0.4, 0.5) is 14.5 Å². The lowest BCUT2D eigenvalue weighted by molar-refractivity contribution is -0.118. The molecule has 2 aromatic carbocycles. The first kappa shape index (κ1) is 22.2. The minimum absolute atomic E-state index is 0.159. The monoisotopic (exact) mass is 438 g/mol. The predicted molar refractivity (Wildman–Crippen MR) is 109 cm³/mol. The van der Waals surface area contributed by atoms with Crippen molar-refractivity contribution in [3.63, 3.8) is 0 Å². The van der Waals surface area contributed by atoms with Crippen molar-refractivity contribution in [2.24, 2.45) is 11.8 Å². The van der Waals surface area contributed by atoms with E-state index < -0.39 is 34.2 Å². The first-order valence-electron chi connectivity index (χ1n) is 9.63. The fourth-order valence-corrected chi connectivity index (χ4v) is 5.27. The van der Waals surface area contributed by atoms with Crippen molar-refractivity contribution in [3.05, 3.63) is 54.1 Å². The molecule has 2 unspecified atom stereocenters. The van der Waals surface area contributed by atoms with Crippen LogP contribution in [-0.2, 0) is 14.8 Å². The summed E-state index contributed by atoms with van der Waals surface area (Å²) in [6, 6.07) is 8.64. The van der Waals surface area contributed by atoms with E-state index in [0.29, 0.717) is 36.7 Å². The number of halogens is 2. The molecule has 2 atom stereocenters. The Bertz CT molecular complexity index is 1000. The van der Waals surface area contributed by atoms with Gasteiger partial charge in [-0.2, -0.15) is 4.31 Å². The minimum Gasteiger partial charge on any atom is -0.481 e. The summed E-state index contributed by atoms with van der Waals surface area (Å²) < 4.78 is 58.7. The minimum atomic E-state index is -3.60. The first-order chi connectivity index (χ1) is 14.1. The van der Waals surface area contributed by atoms with Crippen LogP contribution >= 0.6 is 0 Å². The molecule has 1 saturated heterocycles. The van der Waals surface area contributed by atoms with Crippen molar-refractivity contribution in [1.82, 2.24) is 4.31 Å². The number of nitrogens with one attached hydrogen (secondary N) is 1. The van der Waals surface area contributed by atoms with Crippen LogP contribution < -0.4 is 10.1 Å². The molecule has 1 amide bonds. The number of benzene rings is 2. The Hall–Kier alpha value is -2.52. The van der Waals surface area contributed by atoms with E-state index in [4.69, 9.17) is 4.74 Å². The number of sulfonamides is 1. The lowest BCUT2D eigenvalue weighted by atomic mass is 9.94. The molecule has 1 fully saturated rings. The van der Waals surface area contributed by atoms with Gasteiger partial charge in [0.2, 0.25) is 10.0 Å². The molecule has 2 aromatic rings. The van der Waals surface area contributed by atoms with Gasteiger partial charge in [0.1, 0.15) is 5.82 Å². The van der Waals surface area contributed by atoms with E-state index in [2.05, 4.69) is 5.32 Å². The maximum atomic E-state index is 13.5. The maximum absolute atomic E-state index is 13.5. The van der Waals surface area contributed by atoms with Crippen molar-refractivity contribution in [3.8, 4) is 5.75 Å². The van der Waals surface area contributed by atoms with E-state index in [9.17, 15) is 22.0 Å². The number of rotatable bonds is 6. The molecule has 1 heterocycles. The third kappa shape index (κ3) is 5.34. The Morgan fingerprint density at radius 3 is 2.33 bits per heavy atom. The van der Waals surface area contributed by atoms with Crippen LogP contribution in [0.3, 0.4) is 0 Å². The van der Waals surface area contributed by atoms with Crippen LogP contribution in [0.1, 0.15) is 20.3 Å². The summed E-state index contributed by atoms with van der Waals surface area (Å²) in [4.78, 5) is 12.2. The average molecular weight is 438 g/mol. The highest BCUT2D eigenvalue weighted by Gasteiger charge is 2.31. The molecule has 0 spiro atoms. The van der Waals surface area contributed by atoms with Crippen LogP contribution in [-0.4, -0.2) is 38.3 Å². The Balaban J connectivity index is 1.60. The van der Waals surface area contributed by atoms with E-state index >= 15 is 0 Å². The summed E-state index contributed by atoms with van der Waals surface area (Å²) in [5, 5.41) is 2.55. The Morgan fingerprint density at radius 2 is 1.73 bits per heavy atom. The maximum Gasteiger partial charge on any atom is 0.262 e. The van der Waals surface area contributed by atoms with Gasteiger partial charge in [0, 0.05) is 24.8 Å². The van der Waals surface area contributed by atoms with E-state index in [1.165, 1.54) is 28.6 Å². The number of piperidine rings is 1. The second-order valence-electron chi connectivity index (χ2n) is 7.70. The van der Waals surface area contributed by atoms with Crippen LogP contribution in [0.5, 0.6) is 5.75 Å². The molecule has 0 aliphatic carbocycles. The van der Waals surface area contributed by atoms with Crippen molar-refractivity contribution in [1.29, 1.82) is 0 Å². The van der Waals surface area contributed by atoms with E-state index in [1.54, 1.807) is 0 Å². The lowest BCUT2D eigenvalue weighted by Crippen LogP contribution is -2.42. The van der Waals surface area contributed by atoms with Gasteiger partial charge >= 0.3 is 0 Å². The second-order valence-corrected chi connectivity index (χ2v) is 9.64. The number of amides is 1. The Labute approximate surface area is 174 Å². The van der Waals surface area contributed by atoms with Crippen molar-refractivity contribution < 1.29 is 26.7 Å². The second kappa shape index (κ2) is 9.09. The van der Waals surface area contributed by atoms with Gasteiger partial charge in [-0.1, -0.05) is 13.8 Å². The van der Waals surface area contributed by atoms with Gasteiger partial charge in [0.15, 0.2) is 18.2 Å². The number of anilines is 1. The summed E-state index contributed by atoms with van der Waals surface area (Å²) in [5.74, 6) is -1.85. The summed E-state index contributed by atoms with van der Waals surface area (Å²) in [5.41, 5.74) is 0.377. The molecule has 30 heavy (non-hydrogen) atoms. The number of nitrogens with zero attached hydrogens (tertiary/aromatic N) is 1. The first-order valence-corrected chi connectivity index (χ1v) is 11.1. The molecule has 1 aliphatic rings. The van der Waals surface area contributed by atoms with E-state index in [0.717, 1.165) is 18.6 Å². The third-order valence-electron chi connectivity index (χ3n) is 4.86. The number of carbonyl (C=O) groups excluding carboxylic acids is 1. The van der Waals surface area contributed by atoms with E-state index in [-0.39, 0.29) is 10.6 Å². The molecule has 0 aromatic heterocycles. The molecule has 1 aliphatic heterocycles. The van der Waals surface area contributed by atoms with Crippen LogP contribution in [0.15, 0.2) is 47.4 Å². The number of ether oxygens (including phenoxy) is 1. The average Bonchev–Trinajstić information content (AvgIpc) is 2.67. The molecule has 162 valence electrons. The van der Waals surface area contributed by atoms with Crippen molar-refractivity contribution >= 4 is 21.6 Å². The highest BCUT2D eigenvalue weighted by atomic mass is 32.2. The summed E-state index contributed by atoms with van der Waals surface area (Å²) in [7, 11) is -3.60. The molecule has 0 saturated carbocycles. The highest BCUT2D eigenvalue weighted by molar-refractivity contribution is 7.89. The van der Waals surface area contributed by atoms with Gasteiger partial charge in [0.05, 0.1) is 4.90 Å². The molecular weight excluding hydrogens is 414 g/mol. The molecule has 3 rings (SSSR count). The SMILES string of the molecule is CC1CC(C)CN(S(=O)(=O)c2ccc(NC(=O)COc3ccc(F)cc3F)cc2)C1. The smallest absolute Gasteiger partial charge is 0.262 e. The zero-order valence-corrected chi connectivity index (χ0v) is 17.6. The molecular formula is C21H24F2N2O4S. The van der Waals surface area contributed by atoms with Crippen LogP contribution in [0, 0.1) is 23.5 Å². The summed E-state index contributed by atoms with van der Waals surface area (Å²) >= 11 is 0. The zero-order valence-electron chi connectivity index (χ0n) is 16.8. The summed E-state index contributed by atoms with van der Waals surface area (Å²) in [6.07, 6.45) is 1.00. The van der Waals surface area contributed by atoms with Crippen LogP contribution in [0.25, 0.3) is 0 Å². The number of hydrogen-bond acceptors (Lipinski definition) is 4. The normalized spacial score (nSPS) is 20.0. The Kier molecular flexibility index (Phi) is 6.72. The van der Waals surface area contributed by atoms with Gasteiger partial charge in [-0.25, -0.2) is 17.2 Å². The fourth-order valence-electron chi connectivity index (χ4n) is 3.59. The molecule has 9 heteroatoms. The van der Waals surface area contributed by atoms with Gasteiger partial charge in [-0.3, -0.25) is 4.79 Å². The molecule has 6 nitrogen and oxygen atoms in total. The van der Waals surface area contributed by atoms with Gasteiger partial charge < -0.3 is 10.1 Å².